The van der Waals surface area contributed by atoms with Crippen molar-refractivity contribution in [3.8, 4) is 237 Å². The van der Waals surface area contributed by atoms with Crippen LogP contribution in [0, 0.1) is 0 Å². The summed E-state index contributed by atoms with van der Waals surface area (Å²) in [5.74, 6) is 7.45. The first-order chi connectivity index (χ1) is 68.3. The Kier molecular flexibility index (Phi) is 24.2. The standard InChI is InChI=1S/C66H44N6.C60H40N6/c1-5-17-45(18-6-1)46-33-35-47(36-34-46)48-37-39-52(40-38-48)64-68-63(51-23-11-4-12-24-51)71-66(72-64)60-32-16-30-58(44-60)56-28-14-26-54(42-56)53-25-13-27-55(41-53)57-29-15-31-59(43-57)65-69-61(49-19-7-2-8-20-49)67-62(70-65)50-21-9-3-10-22-50;1-5-16-41(17-6-1)42-30-32-43(33-31-42)44-34-36-48(37-35-44)58-62-57(47-22-11-4-12-23-47)65-60(66-58)54-29-15-27-52(40-54)50-25-13-24-49(38-50)51-26-14-28-53(39-51)59-63-55(45-18-7-2-8-19-45)61-56(64-59)46-20-9-3-10-21-46/h1-44H;1-40H. The van der Waals surface area contributed by atoms with Gasteiger partial charge in [-0.15, -0.1) is 0 Å². The van der Waals surface area contributed by atoms with Crippen LogP contribution in [0.5, 0.6) is 0 Å². The van der Waals surface area contributed by atoms with Crippen molar-refractivity contribution in [3.63, 3.8) is 0 Å². The lowest BCUT2D eigenvalue weighted by Crippen LogP contribution is -2.00. The van der Waals surface area contributed by atoms with E-state index in [-0.39, 0.29) is 0 Å². The highest BCUT2D eigenvalue weighted by Gasteiger charge is 2.21. The molecule has 0 spiro atoms. The molecule has 4 aromatic heterocycles. The molecule has 0 N–H and O–H groups in total. The number of benzene rings is 19. The van der Waals surface area contributed by atoms with Crippen molar-refractivity contribution in [1.29, 1.82) is 0 Å². The molecule has 19 aromatic carbocycles. The van der Waals surface area contributed by atoms with Gasteiger partial charge in [-0.3, -0.25) is 0 Å². The molecule has 0 fully saturated rings. The highest BCUT2D eigenvalue weighted by Crippen LogP contribution is 2.40. The van der Waals surface area contributed by atoms with E-state index in [1.807, 2.05) is 194 Å². The van der Waals surface area contributed by atoms with Gasteiger partial charge >= 0.3 is 0 Å². The second-order valence-corrected chi connectivity index (χ2v) is 33.5. The van der Waals surface area contributed by atoms with Crippen LogP contribution in [0.4, 0.5) is 0 Å². The van der Waals surface area contributed by atoms with Gasteiger partial charge in [0.25, 0.3) is 0 Å². The van der Waals surface area contributed by atoms with Gasteiger partial charge in [0, 0.05) is 66.8 Å². The molecule has 12 nitrogen and oxygen atoms in total. The van der Waals surface area contributed by atoms with Crippen LogP contribution in [0.15, 0.2) is 510 Å². The van der Waals surface area contributed by atoms with Gasteiger partial charge in [-0.2, -0.15) is 0 Å². The molecule has 0 atom stereocenters. The Bertz CT molecular complexity index is 8120. The van der Waals surface area contributed by atoms with Gasteiger partial charge < -0.3 is 0 Å². The molecule has 0 amide bonds. The summed E-state index contributed by atoms with van der Waals surface area (Å²) in [5.41, 5.74) is 31.2. The number of hydrogen-bond donors (Lipinski definition) is 0. The molecule has 12 heteroatoms. The zero-order chi connectivity index (χ0) is 92.1. The first-order valence-electron chi connectivity index (χ1n) is 45.9. The lowest BCUT2D eigenvalue weighted by Gasteiger charge is -2.12. The third kappa shape index (κ3) is 19.2. The molecule has 0 radical (unpaired) electrons. The average molecular weight is 1770 g/mol. The highest BCUT2D eigenvalue weighted by atomic mass is 15.1. The molecule has 0 aliphatic carbocycles. The predicted molar refractivity (Wildman–Crippen MR) is 561 cm³/mol. The summed E-state index contributed by atoms with van der Waals surface area (Å²) < 4.78 is 0. The van der Waals surface area contributed by atoms with Gasteiger partial charge in [-0.25, -0.2) is 59.8 Å². The number of nitrogens with zero attached hydrogens (tertiary/aromatic N) is 12. The van der Waals surface area contributed by atoms with Crippen molar-refractivity contribution in [1.82, 2.24) is 59.8 Å². The van der Waals surface area contributed by atoms with Crippen LogP contribution in [-0.2, 0) is 0 Å². The maximum absolute atomic E-state index is 5.11. The lowest BCUT2D eigenvalue weighted by molar-refractivity contribution is 1.07. The van der Waals surface area contributed by atoms with Crippen LogP contribution in [0.2, 0.25) is 0 Å². The van der Waals surface area contributed by atoms with Crippen molar-refractivity contribution >= 4 is 0 Å². The van der Waals surface area contributed by atoms with Gasteiger partial charge in [0.15, 0.2) is 69.9 Å². The number of hydrogen-bond acceptors (Lipinski definition) is 12. The Hall–Kier alpha value is -18.8. The van der Waals surface area contributed by atoms with Gasteiger partial charge in [-0.05, 0) is 143 Å². The van der Waals surface area contributed by atoms with E-state index in [9.17, 15) is 0 Å². The van der Waals surface area contributed by atoms with E-state index in [4.69, 9.17) is 59.8 Å². The van der Waals surface area contributed by atoms with Gasteiger partial charge in [0.2, 0.25) is 0 Å². The predicted octanol–water partition coefficient (Wildman–Crippen LogP) is 31.1. The summed E-state index contributed by atoms with van der Waals surface area (Å²) in [4.78, 5) is 60.1. The van der Waals surface area contributed by atoms with E-state index in [0.29, 0.717) is 69.9 Å². The molecule has 0 bridgehead atoms. The molecule has 0 saturated heterocycles. The summed E-state index contributed by atoms with van der Waals surface area (Å²) in [6.07, 6.45) is 0. The minimum atomic E-state index is 0.604. The number of rotatable bonds is 21. The van der Waals surface area contributed by atoms with Crippen LogP contribution in [0.25, 0.3) is 237 Å². The highest BCUT2D eigenvalue weighted by molar-refractivity contribution is 5.85. The Balaban J connectivity index is 0.000000160. The van der Waals surface area contributed by atoms with Crippen LogP contribution in [0.3, 0.4) is 0 Å². The fraction of sp³-hybridized carbons (Fsp3) is 0. The first-order valence-corrected chi connectivity index (χ1v) is 45.9. The normalized spacial score (nSPS) is 11.0. The minimum Gasteiger partial charge on any atom is -0.208 e. The SMILES string of the molecule is c1ccc(-c2ccc(-c3ccc(-c4nc(-c5ccccc5)nc(-c5cccc(-c6cccc(-c7cccc(-c8cccc(-c9nc(-c%10ccccc%10)nc(-c%10ccccc%10)n9)c8)c7)c6)c5)n4)cc3)cc2)cc1.c1ccc(-c2ccc(-c3ccc(-c4nc(-c5ccccc5)nc(-c5cccc(-c6cccc(-c7cccc(-c8nc(-c9ccccc9)nc(-c9ccccc9)n8)c7)c6)c5)n4)cc3)cc2)cc1. The van der Waals surface area contributed by atoms with Crippen LogP contribution >= 0.6 is 0 Å². The van der Waals surface area contributed by atoms with Crippen molar-refractivity contribution in [2.75, 3.05) is 0 Å². The number of aromatic nitrogens is 12. The molecule has 648 valence electrons. The molecule has 138 heavy (non-hydrogen) atoms. The maximum atomic E-state index is 5.11. The second-order valence-electron chi connectivity index (χ2n) is 33.5. The van der Waals surface area contributed by atoms with E-state index in [0.717, 1.165) is 145 Å². The monoisotopic (exact) mass is 1760 g/mol. The average Bonchev–Trinajstić information content (AvgIpc) is 0.793. The molecule has 0 saturated carbocycles. The Morgan fingerprint density at radius 3 is 0.297 bits per heavy atom. The first kappa shape index (κ1) is 84.7. The molecular formula is C126H84N12. The maximum Gasteiger partial charge on any atom is 0.164 e. The zero-order valence-electron chi connectivity index (χ0n) is 74.9. The van der Waals surface area contributed by atoms with Crippen molar-refractivity contribution in [2.45, 2.75) is 0 Å². The molecular weight excluding hydrogens is 1680 g/mol. The lowest BCUT2D eigenvalue weighted by atomic mass is 9.95. The molecule has 23 rings (SSSR count). The van der Waals surface area contributed by atoms with Gasteiger partial charge in [0.1, 0.15) is 0 Å². The molecule has 4 heterocycles. The van der Waals surface area contributed by atoms with E-state index in [1.165, 1.54) is 22.3 Å². The van der Waals surface area contributed by atoms with E-state index in [2.05, 4.69) is 315 Å². The fourth-order valence-electron chi connectivity index (χ4n) is 17.2. The van der Waals surface area contributed by atoms with Crippen molar-refractivity contribution < 1.29 is 0 Å². The Labute approximate surface area is 800 Å². The summed E-state index contributed by atoms with van der Waals surface area (Å²) in [5, 5.41) is 0. The van der Waals surface area contributed by atoms with Crippen molar-refractivity contribution in [2.24, 2.45) is 0 Å². The minimum absolute atomic E-state index is 0.604. The molecule has 0 unspecified atom stereocenters. The molecule has 0 aliphatic heterocycles. The third-order valence-corrected chi connectivity index (χ3v) is 24.4. The molecule has 23 aromatic rings. The summed E-state index contributed by atoms with van der Waals surface area (Å²) in [6.45, 7) is 0. The zero-order valence-corrected chi connectivity index (χ0v) is 74.9. The Morgan fingerprint density at radius 2 is 0.152 bits per heavy atom. The largest absolute Gasteiger partial charge is 0.208 e. The quantitative estimate of drug-likeness (QED) is 0.0672. The summed E-state index contributed by atoms with van der Waals surface area (Å²) >= 11 is 0. The molecule has 0 aliphatic rings. The van der Waals surface area contributed by atoms with E-state index < -0.39 is 0 Å². The van der Waals surface area contributed by atoms with E-state index >= 15 is 0 Å². The van der Waals surface area contributed by atoms with Crippen LogP contribution in [0.1, 0.15) is 0 Å². The second kappa shape index (κ2) is 39.3. The topological polar surface area (TPSA) is 155 Å². The van der Waals surface area contributed by atoms with Crippen LogP contribution in [-0.4, -0.2) is 59.8 Å². The van der Waals surface area contributed by atoms with Gasteiger partial charge in [0.05, 0.1) is 0 Å². The van der Waals surface area contributed by atoms with Crippen LogP contribution < -0.4 is 0 Å². The fourth-order valence-corrected chi connectivity index (χ4v) is 17.2. The summed E-state index contributed by atoms with van der Waals surface area (Å²) in [6, 6.07) is 175. The van der Waals surface area contributed by atoms with E-state index in [1.54, 1.807) is 0 Å². The summed E-state index contributed by atoms with van der Waals surface area (Å²) in [7, 11) is 0. The van der Waals surface area contributed by atoms with Crippen molar-refractivity contribution in [3.05, 3.63) is 510 Å². The van der Waals surface area contributed by atoms with Gasteiger partial charge in [-0.1, -0.05) is 467 Å². The smallest absolute Gasteiger partial charge is 0.164 e. The Morgan fingerprint density at radius 1 is 0.0652 bits per heavy atom. The third-order valence-electron chi connectivity index (χ3n) is 24.4.